The molecule has 78 valence electrons. The van der Waals surface area contributed by atoms with Crippen molar-refractivity contribution >= 4 is 72.4 Å². The zero-order valence-corrected chi connectivity index (χ0v) is 13.7. The summed E-state index contributed by atoms with van der Waals surface area (Å²) in [6.45, 7) is 1.99. The molecule has 0 aliphatic rings. The monoisotopic (exact) mass is 442 g/mol. The minimum Gasteiger partial charge on any atom is -0.469 e. The number of hydrogen-bond acceptors (Lipinski definition) is 2. The third-order valence-electron chi connectivity index (χ3n) is 1.01. The Bertz CT molecular complexity index is 131. The summed E-state index contributed by atoms with van der Waals surface area (Å²) < 4.78 is 4.73. The highest BCUT2D eigenvalue weighted by Gasteiger charge is 2.06. The molecule has 0 aromatic heterocycles. The van der Waals surface area contributed by atoms with E-state index in [0.29, 0.717) is 12.3 Å². The fourth-order valence-electron chi connectivity index (χ4n) is 0.422. The lowest BCUT2D eigenvalue weighted by Gasteiger charge is -2.03. The quantitative estimate of drug-likeness (QED) is 0.376. The molecule has 0 radical (unpaired) electrons. The van der Waals surface area contributed by atoms with Crippen LogP contribution < -0.4 is 0 Å². The maximum absolute atomic E-state index is 10.5. The first-order chi connectivity index (χ1) is 5.93. The van der Waals surface area contributed by atoms with Crippen LogP contribution in [0.3, 0.4) is 0 Å². The normalized spacial score (nSPS) is 10.9. The van der Waals surface area contributed by atoms with Crippen LogP contribution in [0.25, 0.3) is 0 Å². The number of carbonyl (C=O) groups excluding carboxylic acids is 1. The van der Waals surface area contributed by atoms with Gasteiger partial charge in [0.05, 0.1) is 7.11 Å². The predicted octanol–water partition coefficient (Wildman–Crippen LogP) is 3.74. The number of carbonyl (C=O) groups is 1. The number of alkyl halides is 1. The Kier molecular flexibility index (Phi) is 15.0. The summed E-state index contributed by atoms with van der Waals surface area (Å²) in [5.74, 6) is 0.236. The van der Waals surface area contributed by atoms with Gasteiger partial charge in [0, 0.05) is 11.8 Å². The molecule has 0 N–H and O–H groups in total. The van der Waals surface area contributed by atoms with Gasteiger partial charge in [-0.3, -0.25) is 4.79 Å². The minimum absolute atomic E-state index is 0.137. The first-order valence-electron chi connectivity index (χ1n) is 3.49. The van der Waals surface area contributed by atoms with Gasteiger partial charge in [-0.25, -0.2) is 0 Å². The van der Waals surface area contributed by atoms with Crippen LogP contribution in [-0.4, -0.2) is 21.6 Å². The van der Waals surface area contributed by atoms with Crippen molar-refractivity contribution in [1.82, 2.24) is 0 Å². The molecule has 0 aliphatic heterocycles. The van der Waals surface area contributed by atoms with Gasteiger partial charge in [0.25, 0.3) is 0 Å². The molecule has 0 spiro atoms. The molecule has 1 unspecified atom stereocenters. The zero-order chi connectivity index (χ0) is 10.9. The molecular formula is C6H11BBr4O2. The third kappa shape index (κ3) is 19.7. The van der Waals surface area contributed by atoms with E-state index in [1.165, 1.54) is 7.11 Å². The fraction of sp³-hybridized carbons (Fsp3) is 0.833. The number of methoxy groups -OCH3 is 1. The summed E-state index contributed by atoms with van der Waals surface area (Å²) in [6, 6.07) is 0. The average Bonchev–Trinajstić information content (AvgIpc) is 2.03. The molecule has 0 aliphatic carbocycles. The number of halogens is 4. The Balaban J connectivity index is 0. The molecule has 0 heterocycles. The average molecular weight is 446 g/mol. The Morgan fingerprint density at radius 1 is 1.46 bits per heavy atom. The van der Waals surface area contributed by atoms with Crippen LogP contribution in [0.5, 0.6) is 0 Å². The van der Waals surface area contributed by atoms with Gasteiger partial charge < -0.3 is 4.74 Å². The Morgan fingerprint density at radius 3 is 2.08 bits per heavy atom. The van der Waals surface area contributed by atoms with Gasteiger partial charge >= 0.3 is 9.15 Å². The molecule has 0 rings (SSSR count). The Morgan fingerprint density at radius 2 is 1.85 bits per heavy atom. The Hall–Kier alpha value is 1.45. The van der Waals surface area contributed by atoms with Crippen molar-refractivity contribution in [1.29, 1.82) is 0 Å². The first kappa shape index (κ1) is 16.9. The van der Waals surface area contributed by atoms with E-state index in [2.05, 4.69) is 67.9 Å². The van der Waals surface area contributed by atoms with E-state index in [4.69, 9.17) is 0 Å². The van der Waals surface area contributed by atoms with Crippen LogP contribution in [0.4, 0.5) is 0 Å². The number of ether oxygens (including phenoxy) is 1. The second kappa shape index (κ2) is 11.5. The van der Waals surface area contributed by atoms with Crippen LogP contribution in [0, 0.1) is 5.92 Å². The summed E-state index contributed by atoms with van der Waals surface area (Å²) in [7, 11) is 1.41. The maximum Gasteiger partial charge on any atom is 0.369 e. The van der Waals surface area contributed by atoms with Crippen LogP contribution in [0.2, 0.25) is 0 Å². The van der Waals surface area contributed by atoms with Gasteiger partial charge in [0.1, 0.15) is 0 Å². The van der Waals surface area contributed by atoms with E-state index >= 15 is 0 Å². The molecule has 0 fully saturated rings. The van der Waals surface area contributed by atoms with Crippen molar-refractivity contribution in [3.63, 3.8) is 0 Å². The van der Waals surface area contributed by atoms with Gasteiger partial charge in [-0.2, -0.15) is 0 Å². The molecule has 0 bridgehead atoms. The molecule has 2 nitrogen and oxygen atoms in total. The molecule has 0 aromatic rings. The summed E-state index contributed by atoms with van der Waals surface area (Å²) in [5, 5.41) is 0.849. The van der Waals surface area contributed by atoms with Crippen molar-refractivity contribution < 1.29 is 9.53 Å². The van der Waals surface area contributed by atoms with E-state index < -0.39 is 0 Å². The van der Waals surface area contributed by atoms with Crippen molar-refractivity contribution in [3.05, 3.63) is 0 Å². The lowest BCUT2D eigenvalue weighted by atomic mass is 10.1. The predicted molar refractivity (Wildman–Crippen MR) is 72.1 cm³/mol. The molecule has 0 saturated heterocycles. The van der Waals surface area contributed by atoms with Gasteiger partial charge in [-0.05, 0) is 5.92 Å². The Labute approximate surface area is 113 Å². The van der Waals surface area contributed by atoms with E-state index in [-0.39, 0.29) is 9.15 Å². The van der Waals surface area contributed by atoms with Crippen molar-refractivity contribution in [3.8, 4) is 0 Å². The highest BCUT2D eigenvalue weighted by Crippen LogP contribution is 2.07. The summed E-state index contributed by atoms with van der Waals surface area (Å²) in [6.07, 6.45) is 0.502. The fourth-order valence-corrected chi connectivity index (χ4v) is 0.651. The lowest BCUT2D eigenvalue weighted by Crippen LogP contribution is -2.07. The molecule has 0 saturated carbocycles. The highest BCUT2D eigenvalue weighted by atomic mass is 79.9. The van der Waals surface area contributed by atoms with Crippen LogP contribution in [0.1, 0.15) is 13.3 Å². The minimum atomic E-state index is -0.137. The summed E-state index contributed by atoms with van der Waals surface area (Å²) in [4.78, 5) is 10.5. The lowest BCUT2D eigenvalue weighted by molar-refractivity contribution is -0.141. The number of hydrogen-bond donors (Lipinski definition) is 0. The SMILES string of the molecule is BrB(Br)Br.COC(=O)CC(C)CBr. The van der Waals surface area contributed by atoms with E-state index in [1.54, 1.807) is 0 Å². The van der Waals surface area contributed by atoms with Crippen LogP contribution in [-0.2, 0) is 9.53 Å². The zero-order valence-electron chi connectivity index (χ0n) is 7.40. The van der Waals surface area contributed by atoms with Crippen LogP contribution >= 0.6 is 63.2 Å². The summed E-state index contributed by atoms with van der Waals surface area (Å²) in [5.41, 5.74) is 0. The van der Waals surface area contributed by atoms with Crippen molar-refractivity contribution in [2.75, 3.05) is 12.4 Å². The molecule has 7 heteroatoms. The topological polar surface area (TPSA) is 26.3 Å². The standard InChI is InChI=1S/C6H11BrO2.BBr3/c1-5(4-7)3-6(8)9-2;2-1(3)4/h5H,3-4H2,1-2H3;. The second-order valence-electron chi connectivity index (χ2n) is 2.29. The number of esters is 1. The molecule has 0 amide bonds. The largest absolute Gasteiger partial charge is 0.469 e. The van der Waals surface area contributed by atoms with Crippen molar-refractivity contribution in [2.45, 2.75) is 13.3 Å². The molecular weight excluding hydrogens is 434 g/mol. The van der Waals surface area contributed by atoms with Crippen molar-refractivity contribution in [2.24, 2.45) is 5.92 Å². The summed E-state index contributed by atoms with van der Waals surface area (Å²) >= 11 is 12.6. The smallest absolute Gasteiger partial charge is 0.369 e. The second-order valence-corrected chi connectivity index (χ2v) is 9.37. The van der Waals surface area contributed by atoms with Gasteiger partial charge in [0.2, 0.25) is 0 Å². The molecule has 1 atom stereocenters. The highest BCUT2D eigenvalue weighted by molar-refractivity contribution is 9.69. The number of rotatable bonds is 3. The van der Waals surface area contributed by atoms with E-state index in [0.717, 1.165) is 5.33 Å². The van der Waals surface area contributed by atoms with Gasteiger partial charge in [-0.15, -0.1) is 47.3 Å². The molecule has 0 aromatic carbocycles. The third-order valence-corrected chi connectivity index (χ3v) is 2.11. The van der Waals surface area contributed by atoms with E-state index in [9.17, 15) is 4.79 Å². The first-order valence-corrected chi connectivity index (χ1v) is 7.35. The van der Waals surface area contributed by atoms with E-state index in [1.807, 2.05) is 6.92 Å². The maximum atomic E-state index is 10.5. The van der Waals surface area contributed by atoms with Gasteiger partial charge in [-0.1, -0.05) is 22.9 Å². The molecule has 13 heavy (non-hydrogen) atoms. The van der Waals surface area contributed by atoms with Crippen LogP contribution in [0.15, 0.2) is 0 Å². The van der Waals surface area contributed by atoms with Gasteiger partial charge in [0.15, 0.2) is 0 Å².